The van der Waals surface area contributed by atoms with E-state index in [4.69, 9.17) is 9.26 Å². The van der Waals surface area contributed by atoms with E-state index in [9.17, 15) is 13.2 Å². The molecule has 0 aliphatic rings. The van der Waals surface area contributed by atoms with Crippen molar-refractivity contribution in [3.05, 3.63) is 95.6 Å². The summed E-state index contributed by atoms with van der Waals surface area (Å²) in [4.78, 5) is 16.8. The van der Waals surface area contributed by atoms with E-state index in [1.807, 2.05) is 45.0 Å². The summed E-state index contributed by atoms with van der Waals surface area (Å²) in [5, 5.41) is 6.76. The van der Waals surface area contributed by atoms with Crippen molar-refractivity contribution < 1.29 is 22.5 Å². The number of hydrogen-bond donors (Lipinski definition) is 2. The van der Waals surface area contributed by atoms with Gasteiger partial charge in [0.05, 0.1) is 10.6 Å². The summed E-state index contributed by atoms with van der Waals surface area (Å²) < 4.78 is 38.6. The maximum Gasteiger partial charge on any atom is 0.262 e. The molecule has 10 heteroatoms. The average molecular weight is 521 g/mol. The zero-order valence-corrected chi connectivity index (χ0v) is 21.6. The fraction of sp³-hybridized carbons (Fsp3) is 0.222. The number of nitrogens with one attached hydrogen (secondary N) is 2. The number of rotatable bonds is 10. The van der Waals surface area contributed by atoms with E-state index in [1.165, 1.54) is 24.3 Å². The Morgan fingerprint density at radius 3 is 2.35 bits per heavy atom. The van der Waals surface area contributed by atoms with Gasteiger partial charge in [-0.05, 0) is 60.5 Å². The Labute approximate surface area is 215 Å². The van der Waals surface area contributed by atoms with Crippen LogP contribution in [0.3, 0.4) is 0 Å². The number of aryl methyl sites for hydroxylation is 1. The number of aromatic nitrogens is 2. The van der Waals surface area contributed by atoms with Gasteiger partial charge in [-0.15, -0.1) is 0 Å². The third-order valence-electron chi connectivity index (χ3n) is 5.47. The Morgan fingerprint density at radius 2 is 1.70 bits per heavy atom. The molecule has 0 fully saturated rings. The smallest absolute Gasteiger partial charge is 0.262 e. The van der Waals surface area contributed by atoms with Gasteiger partial charge in [0.2, 0.25) is 5.89 Å². The molecule has 9 nitrogen and oxygen atoms in total. The average Bonchev–Trinajstić information content (AvgIpc) is 3.34. The lowest BCUT2D eigenvalue weighted by Gasteiger charge is -2.11. The number of hydrogen-bond acceptors (Lipinski definition) is 7. The van der Waals surface area contributed by atoms with Crippen LogP contribution in [0.4, 0.5) is 11.4 Å². The van der Waals surface area contributed by atoms with Gasteiger partial charge in [-0.3, -0.25) is 9.52 Å². The molecular formula is C27H28N4O5S. The fourth-order valence-corrected chi connectivity index (χ4v) is 4.55. The minimum atomic E-state index is -3.75. The molecule has 3 aromatic carbocycles. The molecule has 2 N–H and O–H groups in total. The summed E-state index contributed by atoms with van der Waals surface area (Å²) in [6.07, 6.45) is 0.528. The predicted molar refractivity (Wildman–Crippen MR) is 140 cm³/mol. The van der Waals surface area contributed by atoms with Crippen molar-refractivity contribution in [2.45, 2.75) is 38.0 Å². The van der Waals surface area contributed by atoms with Crippen molar-refractivity contribution in [1.82, 2.24) is 10.1 Å². The Hall–Kier alpha value is -4.18. The summed E-state index contributed by atoms with van der Waals surface area (Å²) in [6, 6.07) is 20.4. The van der Waals surface area contributed by atoms with Crippen LogP contribution >= 0.6 is 0 Å². The number of nitrogens with zero attached hydrogens (tertiary/aromatic N) is 2. The molecule has 0 bridgehead atoms. The van der Waals surface area contributed by atoms with Crippen LogP contribution in [0.15, 0.2) is 82.2 Å². The SMILES string of the molecule is Cc1ccccc1NS(=O)(=O)c1ccc(OCC(=O)Nc2ccc(Cc3noc(C(C)C)n3)cc2)cc1. The van der Waals surface area contributed by atoms with Crippen LogP contribution in [-0.4, -0.2) is 31.1 Å². The van der Waals surface area contributed by atoms with E-state index >= 15 is 0 Å². The van der Waals surface area contributed by atoms with E-state index in [-0.39, 0.29) is 23.3 Å². The first-order valence-corrected chi connectivity index (χ1v) is 13.2. The molecule has 0 unspecified atom stereocenters. The number of carbonyl (C=O) groups is 1. The van der Waals surface area contributed by atoms with Crippen molar-refractivity contribution in [3.63, 3.8) is 0 Å². The summed E-state index contributed by atoms with van der Waals surface area (Å²) in [7, 11) is -3.75. The highest BCUT2D eigenvalue weighted by molar-refractivity contribution is 7.92. The summed E-state index contributed by atoms with van der Waals surface area (Å²) in [5.74, 6) is 1.42. The molecule has 4 rings (SSSR count). The van der Waals surface area contributed by atoms with Gasteiger partial charge < -0.3 is 14.6 Å². The second-order valence-corrected chi connectivity index (χ2v) is 10.5. The number of benzene rings is 3. The van der Waals surface area contributed by atoms with Crippen LogP contribution in [0.5, 0.6) is 5.75 Å². The van der Waals surface area contributed by atoms with Gasteiger partial charge >= 0.3 is 0 Å². The quantitative estimate of drug-likeness (QED) is 0.304. The van der Waals surface area contributed by atoms with Gasteiger partial charge in [-0.1, -0.05) is 49.3 Å². The monoisotopic (exact) mass is 520 g/mol. The number of amides is 1. The molecule has 1 amide bonds. The first-order valence-electron chi connectivity index (χ1n) is 11.7. The normalized spacial score (nSPS) is 11.4. The molecule has 192 valence electrons. The van der Waals surface area contributed by atoms with E-state index in [0.717, 1.165) is 11.1 Å². The van der Waals surface area contributed by atoms with Crippen LogP contribution in [0.2, 0.25) is 0 Å². The maximum absolute atomic E-state index is 12.7. The molecule has 0 aliphatic carbocycles. The third-order valence-corrected chi connectivity index (χ3v) is 6.85. The Kier molecular flexibility index (Phi) is 7.88. The highest BCUT2D eigenvalue weighted by Crippen LogP contribution is 2.21. The predicted octanol–water partition coefficient (Wildman–Crippen LogP) is 4.91. The third kappa shape index (κ3) is 6.95. The number of para-hydroxylation sites is 1. The molecule has 0 saturated carbocycles. The van der Waals surface area contributed by atoms with E-state index in [1.54, 1.807) is 24.3 Å². The standard InChI is InChI=1S/C27H28N4O5S/c1-18(2)27-29-25(30-36-27)16-20-8-10-21(11-9-20)28-26(32)17-35-22-12-14-23(15-13-22)37(33,34)31-24-7-5-4-6-19(24)3/h4-15,18,31H,16-17H2,1-3H3,(H,28,32). The Balaban J connectivity index is 1.27. The minimum Gasteiger partial charge on any atom is -0.484 e. The zero-order chi connectivity index (χ0) is 26.4. The van der Waals surface area contributed by atoms with Crippen molar-refractivity contribution in [2.24, 2.45) is 0 Å². The first kappa shape index (κ1) is 25.9. The van der Waals surface area contributed by atoms with Gasteiger partial charge in [0.1, 0.15) is 5.75 Å². The number of anilines is 2. The minimum absolute atomic E-state index is 0.0916. The Morgan fingerprint density at radius 1 is 1.00 bits per heavy atom. The second-order valence-electron chi connectivity index (χ2n) is 8.81. The molecule has 0 saturated heterocycles. The maximum atomic E-state index is 12.7. The van der Waals surface area contributed by atoms with E-state index in [2.05, 4.69) is 20.2 Å². The molecule has 1 aromatic heterocycles. The molecule has 0 spiro atoms. The van der Waals surface area contributed by atoms with Gasteiger partial charge in [-0.2, -0.15) is 4.98 Å². The van der Waals surface area contributed by atoms with Gasteiger partial charge in [-0.25, -0.2) is 8.42 Å². The molecule has 1 heterocycles. The van der Waals surface area contributed by atoms with Crippen molar-refractivity contribution in [2.75, 3.05) is 16.6 Å². The molecule has 0 aliphatic heterocycles. The summed E-state index contributed by atoms with van der Waals surface area (Å²) in [6.45, 7) is 5.58. The topological polar surface area (TPSA) is 123 Å². The molecule has 4 aromatic rings. The van der Waals surface area contributed by atoms with E-state index < -0.39 is 10.0 Å². The zero-order valence-electron chi connectivity index (χ0n) is 20.8. The highest BCUT2D eigenvalue weighted by atomic mass is 32.2. The van der Waals surface area contributed by atoms with E-state index in [0.29, 0.717) is 35.3 Å². The number of carbonyl (C=O) groups excluding carboxylic acids is 1. The van der Waals surface area contributed by atoms with Crippen molar-refractivity contribution in [1.29, 1.82) is 0 Å². The first-order chi connectivity index (χ1) is 17.7. The van der Waals surface area contributed by atoms with Gasteiger partial charge in [0.15, 0.2) is 12.4 Å². The molecule has 0 radical (unpaired) electrons. The van der Waals surface area contributed by atoms with Crippen molar-refractivity contribution in [3.8, 4) is 5.75 Å². The van der Waals surface area contributed by atoms with Gasteiger partial charge in [0, 0.05) is 18.0 Å². The van der Waals surface area contributed by atoms with Crippen molar-refractivity contribution >= 4 is 27.3 Å². The van der Waals surface area contributed by atoms with Crippen LogP contribution < -0.4 is 14.8 Å². The fourth-order valence-electron chi connectivity index (χ4n) is 3.41. The lowest BCUT2D eigenvalue weighted by molar-refractivity contribution is -0.118. The van der Waals surface area contributed by atoms with Crippen LogP contribution in [0, 0.1) is 6.92 Å². The summed E-state index contributed by atoms with van der Waals surface area (Å²) >= 11 is 0. The highest BCUT2D eigenvalue weighted by Gasteiger charge is 2.15. The summed E-state index contributed by atoms with van der Waals surface area (Å²) in [5.41, 5.74) is 2.94. The molecule has 37 heavy (non-hydrogen) atoms. The van der Waals surface area contributed by atoms with Crippen LogP contribution in [0.25, 0.3) is 0 Å². The number of ether oxygens (including phenoxy) is 1. The lowest BCUT2D eigenvalue weighted by atomic mass is 10.1. The lowest BCUT2D eigenvalue weighted by Crippen LogP contribution is -2.20. The van der Waals surface area contributed by atoms with Crippen LogP contribution in [0.1, 0.15) is 42.6 Å². The second kappa shape index (κ2) is 11.3. The molecule has 0 atom stereocenters. The largest absolute Gasteiger partial charge is 0.484 e. The Bertz CT molecular complexity index is 1460. The molecular weight excluding hydrogens is 492 g/mol. The number of sulfonamides is 1. The van der Waals surface area contributed by atoms with Gasteiger partial charge in [0.25, 0.3) is 15.9 Å². The van der Waals surface area contributed by atoms with Crippen LogP contribution in [-0.2, 0) is 21.2 Å².